The van der Waals surface area contributed by atoms with Crippen molar-refractivity contribution < 1.29 is 4.74 Å². The molecule has 1 aromatic carbocycles. The highest BCUT2D eigenvalue weighted by molar-refractivity contribution is 5.79. The predicted octanol–water partition coefficient (Wildman–Crippen LogP) is 2.73. The first-order valence-corrected chi connectivity index (χ1v) is 7.99. The third-order valence-electron chi connectivity index (χ3n) is 3.45. The smallest absolute Gasteiger partial charge is 0.191 e. The third kappa shape index (κ3) is 6.52. The number of aliphatic imine (C=N–C) groups is 1. The normalized spacial score (nSPS) is 14.9. The van der Waals surface area contributed by atoms with Gasteiger partial charge in [0.1, 0.15) is 5.75 Å². The summed E-state index contributed by atoms with van der Waals surface area (Å²) in [6.07, 6.45) is 3.64. The summed E-state index contributed by atoms with van der Waals surface area (Å²) in [5.74, 6) is 2.69. The molecule has 1 fully saturated rings. The van der Waals surface area contributed by atoms with E-state index in [2.05, 4.69) is 41.6 Å². The number of nitrogens with zero attached hydrogens (tertiary/aromatic N) is 1. The van der Waals surface area contributed by atoms with Crippen LogP contribution in [-0.4, -0.2) is 32.2 Å². The van der Waals surface area contributed by atoms with E-state index in [0.717, 1.165) is 50.3 Å². The highest BCUT2D eigenvalue weighted by atomic mass is 16.5. The molecule has 0 amide bonds. The molecule has 0 saturated heterocycles. The largest absolute Gasteiger partial charge is 0.494 e. The van der Waals surface area contributed by atoms with E-state index in [1.165, 1.54) is 18.4 Å². The van der Waals surface area contributed by atoms with Crippen LogP contribution < -0.4 is 15.4 Å². The molecule has 0 atom stereocenters. The molecule has 2 N–H and O–H groups in total. The van der Waals surface area contributed by atoms with Gasteiger partial charge in [-0.05, 0) is 51.2 Å². The minimum absolute atomic E-state index is 0.720. The molecule has 0 heterocycles. The topological polar surface area (TPSA) is 45.7 Å². The molecule has 1 aliphatic rings. The number of hydrogen-bond acceptors (Lipinski definition) is 2. The molecular weight excluding hydrogens is 262 g/mol. The van der Waals surface area contributed by atoms with Gasteiger partial charge in [0.25, 0.3) is 0 Å². The number of rotatable bonds is 8. The zero-order chi connectivity index (χ0) is 14.9. The Hall–Kier alpha value is -1.71. The third-order valence-corrected chi connectivity index (χ3v) is 3.45. The zero-order valence-corrected chi connectivity index (χ0v) is 13.2. The van der Waals surface area contributed by atoms with Crippen LogP contribution in [0, 0.1) is 12.8 Å². The van der Waals surface area contributed by atoms with Gasteiger partial charge in [-0.25, -0.2) is 0 Å². The lowest BCUT2D eigenvalue weighted by molar-refractivity contribution is 0.311. The molecular formula is C17H27N3O. The van der Waals surface area contributed by atoms with Gasteiger partial charge in [0.2, 0.25) is 0 Å². The first kappa shape index (κ1) is 15.7. The van der Waals surface area contributed by atoms with Crippen molar-refractivity contribution in [2.24, 2.45) is 10.9 Å². The van der Waals surface area contributed by atoms with E-state index < -0.39 is 0 Å². The van der Waals surface area contributed by atoms with Gasteiger partial charge in [-0.15, -0.1) is 0 Å². The van der Waals surface area contributed by atoms with Crippen molar-refractivity contribution >= 4 is 5.96 Å². The van der Waals surface area contributed by atoms with Crippen molar-refractivity contribution in [1.29, 1.82) is 0 Å². The summed E-state index contributed by atoms with van der Waals surface area (Å²) in [5.41, 5.74) is 1.26. The van der Waals surface area contributed by atoms with Gasteiger partial charge in [0.15, 0.2) is 5.96 Å². The summed E-state index contributed by atoms with van der Waals surface area (Å²) in [6.45, 7) is 7.62. The van der Waals surface area contributed by atoms with Gasteiger partial charge in [0, 0.05) is 19.6 Å². The first-order chi connectivity index (χ1) is 10.3. The Bertz CT molecular complexity index is 438. The lowest BCUT2D eigenvalue weighted by atomic mass is 10.2. The molecule has 4 heteroatoms. The lowest BCUT2D eigenvalue weighted by Gasteiger charge is -2.11. The molecule has 2 rings (SSSR count). The molecule has 0 spiro atoms. The second kappa shape index (κ2) is 8.55. The highest BCUT2D eigenvalue weighted by Gasteiger charge is 2.20. The fourth-order valence-electron chi connectivity index (χ4n) is 1.97. The minimum Gasteiger partial charge on any atom is -0.494 e. The summed E-state index contributed by atoms with van der Waals surface area (Å²) in [4.78, 5) is 4.59. The summed E-state index contributed by atoms with van der Waals surface area (Å²) >= 11 is 0. The van der Waals surface area contributed by atoms with Gasteiger partial charge in [0.05, 0.1) is 6.61 Å². The van der Waals surface area contributed by atoms with Crippen LogP contribution in [0.5, 0.6) is 5.75 Å². The van der Waals surface area contributed by atoms with E-state index in [-0.39, 0.29) is 0 Å². The second-order valence-electron chi connectivity index (χ2n) is 5.60. The Morgan fingerprint density at radius 2 is 2.00 bits per heavy atom. The fourth-order valence-corrected chi connectivity index (χ4v) is 1.97. The number of ether oxygens (including phenoxy) is 1. The number of nitrogens with one attached hydrogen (secondary N) is 2. The Balaban J connectivity index is 1.60. The summed E-state index contributed by atoms with van der Waals surface area (Å²) in [7, 11) is 0. The van der Waals surface area contributed by atoms with Crippen molar-refractivity contribution in [2.45, 2.75) is 33.1 Å². The van der Waals surface area contributed by atoms with Crippen molar-refractivity contribution in [3.63, 3.8) is 0 Å². The minimum atomic E-state index is 0.720. The van der Waals surface area contributed by atoms with Gasteiger partial charge in [-0.3, -0.25) is 4.99 Å². The Labute approximate surface area is 128 Å². The monoisotopic (exact) mass is 289 g/mol. The van der Waals surface area contributed by atoms with Gasteiger partial charge < -0.3 is 15.4 Å². The van der Waals surface area contributed by atoms with E-state index in [0.29, 0.717) is 0 Å². The van der Waals surface area contributed by atoms with Crippen LogP contribution in [0.15, 0.2) is 29.3 Å². The van der Waals surface area contributed by atoms with E-state index in [4.69, 9.17) is 4.74 Å². The lowest BCUT2D eigenvalue weighted by Crippen LogP contribution is -2.38. The maximum absolute atomic E-state index is 5.71. The van der Waals surface area contributed by atoms with Gasteiger partial charge in [-0.2, -0.15) is 0 Å². The van der Waals surface area contributed by atoms with Crippen LogP contribution >= 0.6 is 0 Å². The number of hydrogen-bond donors (Lipinski definition) is 2. The predicted molar refractivity (Wildman–Crippen MR) is 88.0 cm³/mol. The Morgan fingerprint density at radius 1 is 1.24 bits per heavy atom. The molecule has 0 radical (unpaired) electrons. The molecule has 116 valence electrons. The SMILES string of the molecule is CCNC(=NCC1CC1)NCCCOc1ccc(C)cc1. The Morgan fingerprint density at radius 3 is 2.67 bits per heavy atom. The van der Waals surface area contributed by atoms with Crippen molar-refractivity contribution in [3.05, 3.63) is 29.8 Å². The molecule has 1 aromatic rings. The zero-order valence-electron chi connectivity index (χ0n) is 13.2. The maximum Gasteiger partial charge on any atom is 0.191 e. The van der Waals surface area contributed by atoms with E-state index in [9.17, 15) is 0 Å². The van der Waals surface area contributed by atoms with Crippen LogP contribution in [0.25, 0.3) is 0 Å². The molecule has 0 bridgehead atoms. The molecule has 1 saturated carbocycles. The van der Waals surface area contributed by atoms with E-state index >= 15 is 0 Å². The number of aryl methyl sites for hydroxylation is 1. The standard InChI is InChI=1S/C17H27N3O/c1-3-18-17(20-13-15-7-8-15)19-11-4-12-21-16-9-5-14(2)6-10-16/h5-6,9-10,15H,3-4,7-8,11-13H2,1-2H3,(H2,18,19,20). The van der Waals surface area contributed by atoms with Crippen LogP contribution in [0.3, 0.4) is 0 Å². The van der Waals surface area contributed by atoms with E-state index in [1.807, 2.05) is 12.1 Å². The Kier molecular flexibility index (Phi) is 6.38. The maximum atomic E-state index is 5.71. The average Bonchev–Trinajstić information content (AvgIpc) is 3.30. The van der Waals surface area contributed by atoms with Crippen molar-refractivity contribution in [2.75, 3.05) is 26.2 Å². The number of guanidine groups is 1. The molecule has 21 heavy (non-hydrogen) atoms. The van der Waals surface area contributed by atoms with E-state index in [1.54, 1.807) is 0 Å². The first-order valence-electron chi connectivity index (χ1n) is 7.99. The summed E-state index contributed by atoms with van der Waals surface area (Å²) < 4.78 is 5.71. The second-order valence-corrected chi connectivity index (χ2v) is 5.60. The molecule has 0 aliphatic heterocycles. The van der Waals surface area contributed by atoms with Gasteiger partial charge in [-0.1, -0.05) is 17.7 Å². The van der Waals surface area contributed by atoms with Crippen LogP contribution in [0.2, 0.25) is 0 Å². The quantitative estimate of drug-likeness (QED) is 0.439. The highest BCUT2D eigenvalue weighted by Crippen LogP contribution is 2.28. The summed E-state index contributed by atoms with van der Waals surface area (Å²) in [5, 5.41) is 6.64. The van der Waals surface area contributed by atoms with Crippen molar-refractivity contribution in [3.8, 4) is 5.75 Å². The molecule has 0 aromatic heterocycles. The fraction of sp³-hybridized carbons (Fsp3) is 0.588. The number of benzene rings is 1. The van der Waals surface area contributed by atoms with Crippen LogP contribution in [0.4, 0.5) is 0 Å². The summed E-state index contributed by atoms with van der Waals surface area (Å²) in [6, 6.07) is 8.18. The van der Waals surface area contributed by atoms with Crippen molar-refractivity contribution in [1.82, 2.24) is 10.6 Å². The van der Waals surface area contributed by atoms with Crippen LogP contribution in [0.1, 0.15) is 31.7 Å². The molecule has 0 unspecified atom stereocenters. The van der Waals surface area contributed by atoms with Gasteiger partial charge >= 0.3 is 0 Å². The molecule has 1 aliphatic carbocycles. The average molecular weight is 289 g/mol. The van der Waals surface area contributed by atoms with Crippen LogP contribution in [-0.2, 0) is 0 Å². The molecule has 4 nitrogen and oxygen atoms in total.